The Morgan fingerprint density at radius 1 is 0.931 bits per heavy atom. The van der Waals surface area contributed by atoms with Crippen LogP contribution in [-0.2, 0) is 0 Å². The van der Waals surface area contributed by atoms with Crippen molar-refractivity contribution in [2.75, 3.05) is 42.8 Å². The van der Waals surface area contributed by atoms with Crippen LogP contribution in [0, 0.1) is 0 Å². The first-order chi connectivity index (χ1) is 14.1. The fourth-order valence-corrected chi connectivity index (χ4v) is 2.86. The SMILES string of the molecule is CN(C)c1ccc(Nc2cc(C(=O)Nc3ccc4c(c3)OCCO4)ncn2)cc1. The van der Waals surface area contributed by atoms with E-state index in [4.69, 9.17) is 9.47 Å². The van der Waals surface area contributed by atoms with Gasteiger partial charge in [-0.25, -0.2) is 9.97 Å². The molecule has 1 aromatic heterocycles. The number of carbonyl (C=O) groups is 1. The molecule has 4 rings (SSSR count). The summed E-state index contributed by atoms with van der Waals surface area (Å²) in [6.45, 7) is 1.01. The lowest BCUT2D eigenvalue weighted by molar-refractivity contribution is 0.102. The molecule has 8 nitrogen and oxygen atoms in total. The molecule has 0 saturated carbocycles. The Labute approximate surface area is 168 Å². The van der Waals surface area contributed by atoms with Gasteiger partial charge in [-0.3, -0.25) is 4.79 Å². The van der Waals surface area contributed by atoms with Crippen molar-refractivity contribution in [1.82, 2.24) is 9.97 Å². The van der Waals surface area contributed by atoms with E-state index in [1.807, 2.05) is 43.3 Å². The van der Waals surface area contributed by atoms with Crippen molar-refractivity contribution in [3.8, 4) is 11.5 Å². The van der Waals surface area contributed by atoms with Crippen LogP contribution in [0.1, 0.15) is 10.5 Å². The van der Waals surface area contributed by atoms with Crippen LogP contribution in [0.4, 0.5) is 22.9 Å². The van der Waals surface area contributed by atoms with Gasteiger partial charge in [-0.15, -0.1) is 0 Å². The van der Waals surface area contributed by atoms with Crippen molar-refractivity contribution in [1.29, 1.82) is 0 Å². The van der Waals surface area contributed by atoms with Crippen LogP contribution < -0.4 is 25.0 Å². The Morgan fingerprint density at radius 3 is 2.41 bits per heavy atom. The van der Waals surface area contributed by atoms with Crippen molar-refractivity contribution >= 4 is 28.8 Å². The first-order valence-electron chi connectivity index (χ1n) is 9.16. The maximum absolute atomic E-state index is 12.6. The van der Waals surface area contributed by atoms with E-state index in [-0.39, 0.29) is 11.6 Å². The molecule has 2 N–H and O–H groups in total. The Morgan fingerprint density at radius 2 is 1.66 bits per heavy atom. The quantitative estimate of drug-likeness (QED) is 0.690. The number of rotatable bonds is 5. The fourth-order valence-electron chi connectivity index (χ4n) is 2.86. The highest BCUT2D eigenvalue weighted by atomic mass is 16.6. The molecule has 0 atom stereocenters. The Balaban J connectivity index is 1.45. The zero-order chi connectivity index (χ0) is 20.2. The summed E-state index contributed by atoms with van der Waals surface area (Å²) in [6, 6.07) is 14.8. The second-order valence-corrected chi connectivity index (χ2v) is 6.67. The van der Waals surface area contributed by atoms with E-state index in [1.54, 1.807) is 24.3 Å². The van der Waals surface area contributed by atoms with Crippen LogP contribution in [0.3, 0.4) is 0 Å². The van der Waals surface area contributed by atoms with E-state index in [1.165, 1.54) is 6.33 Å². The average molecular weight is 391 g/mol. The summed E-state index contributed by atoms with van der Waals surface area (Å²) in [5, 5.41) is 6.01. The molecule has 2 heterocycles. The maximum Gasteiger partial charge on any atom is 0.274 e. The van der Waals surface area contributed by atoms with E-state index in [9.17, 15) is 4.79 Å². The molecule has 0 unspecified atom stereocenters. The molecule has 1 amide bonds. The molecule has 0 radical (unpaired) electrons. The molecule has 3 aromatic rings. The van der Waals surface area contributed by atoms with Gasteiger partial charge in [0.15, 0.2) is 11.5 Å². The largest absolute Gasteiger partial charge is 0.486 e. The van der Waals surface area contributed by atoms with Gasteiger partial charge in [-0.2, -0.15) is 0 Å². The van der Waals surface area contributed by atoms with Crippen LogP contribution in [0.15, 0.2) is 54.9 Å². The summed E-state index contributed by atoms with van der Waals surface area (Å²) in [5.74, 6) is 1.48. The van der Waals surface area contributed by atoms with Crippen LogP contribution in [-0.4, -0.2) is 43.2 Å². The number of aromatic nitrogens is 2. The maximum atomic E-state index is 12.6. The Bertz CT molecular complexity index is 1020. The standard InChI is InChI=1S/C21H21N5O3/c1-26(2)16-6-3-14(4-7-16)24-20-12-17(22-13-23-20)21(27)25-15-5-8-18-19(11-15)29-10-9-28-18/h3-8,11-13H,9-10H2,1-2H3,(H,25,27)(H,22,23,24). The number of ether oxygens (including phenoxy) is 2. The fraction of sp³-hybridized carbons (Fsp3) is 0.190. The van der Waals surface area contributed by atoms with Gasteiger partial charge in [0.05, 0.1) is 0 Å². The van der Waals surface area contributed by atoms with Gasteiger partial charge in [0.2, 0.25) is 0 Å². The molecule has 1 aliphatic heterocycles. The summed E-state index contributed by atoms with van der Waals surface area (Å²) in [7, 11) is 3.97. The first-order valence-corrected chi connectivity index (χ1v) is 9.16. The van der Waals surface area contributed by atoms with Crippen molar-refractivity contribution in [2.24, 2.45) is 0 Å². The molecule has 0 fully saturated rings. The average Bonchev–Trinajstić information content (AvgIpc) is 2.74. The number of anilines is 4. The van der Waals surface area contributed by atoms with Crippen molar-refractivity contribution in [3.63, 3.8) is 0 Å². The molecule has 0 bridgehead atoms. The van der Waals surface area contributed by atoms with Gasteiger partial charge >= 0.3 is 0 Å². The zero-order valence-corrected chi connectivity index (χ0v) is 16.2. The van der Waals surface area contributed by atoms with Gasteiger partial charge in [0, 0.05) is 43.3 Å². The van der Waals surface area contributed by atoms with Crippen LogP contribution in [0.25, 0.3) is 0 Å². The van der Waals surface area contributed by atoms with Gasteiger partial charge in [-0.1, -0.05) is 0 Å². The van der Waals surface area contributed by atoms with E-state index in [2.05, 4.69) is 20.6 Å². The highest BCUT2D eigenvalue weighted by molar-refractivity contribution is 6.03. The zero-order valence-electron chi connectivity index (χ0n) is 16.2. The van der Waals surface area contributed by atoms with Gasteiger partial charge < -0.3 is 25.0 Å². The van der Waals surface area contributed by atoms with Gasteiger partial charge in [0.1, 0.15) is 31.1 Å². The van der Waals surface area contributed by atoms with Crippen LogP contribution >= 0.6 is 0 Å². The monoisotopic (exact) mass is 391 g/mol. The number of amides is 1. The molecular formula is C21H21N5O3. The summed E-state index contributed by atoms with van der Waals surface area (Å²) in [6.07, 6.45) is 1.36. The predicted octanol–water partition coefficient (Wildman–Crippen LogP) is 3.31. The molecule has 148 valence electrons. The van der Waals surface area contributed by atoms with Crippen LogP contribution in [0.2, 0.25) is 0 Å². The van der Waals surface area contributed by atoms with Crippen molar-refractivity contribution in [3.05, 3.63) is 60.6 Å². The third kappa shape index (κ3) is 4.37. The Hall–Kier alpha value is -3.81. The molecule has 0 spiro atoms. The lowest BCUT2D eigenvalue weighted by Crippen LogP contribution is -2.17. The van der Waals surface area contributed by atoms with E-state index in [0.29, 0.717) is 36.2 Å². The summed E-state index contributed by atoms with van der Waals surface area (Å²) in [4.78, 5) is 22.9. The summed E-state index contributed by atoms with van der Waals surface area (Å²) in [5.41, 5.74) is 2.82. The third-order valence-electron chi connectivity index (χ3n) is 4.36. The molecule has 29 heavy (non-hydrogen) atoms. The van der Waals surface area contributed by atoms with E-state index < -0.39 is 0 Å². The second kappa shape index (κ2) is 8.05. The topological polar surface area (TPSA) is 88.6 Å². The first kappa shape index (κ1) is 18.5. The molecular weight excluding hydrogens is 370 g/mol. The number of hydrogen-bond acceptors (Lipinski definition) is 7. The lowest BCUT2D eigenvalue weighted by atomic mass is 10.2. The highest BCUT2D eigenvalue weighted by Crippen LogP contribution is 2.32. The minimum atomic E-state index is -0.338. The predicted molar refractivity (Wildman–Crippen MR) is 111 cm³/mol. The minimum Gasteiger partial charge on any atom is -0.486 e. The number of fused-ring (bicyclic) bond motifs is 1. The second-order valence-electron chi connectivity index (χ2n) is 6.67. The number of carbonyl (C=O) groups excluding carboxylic acids is 1. The van der Waals surface area contributed by atoms with Crippen molar-refractivity contribution in [2.45, 2.75) is 0 Å². The Kier molecular flexibility index (Phi) is 5.15. The summed E-state index contributed by atoms with van der Waals surface area (Å²) < 4.78 is 11.0. The number of nitrogens with zero attached hydrogens (tertiary/aromatic N) is 3. The third-order valence-corrected chi connectivity index (χ3v) is 4.36. The highest BCUT2D eigenvalue weighted by Gasteiger charge is 2.14. The molecule has 1 aliphatic rings. The number of benzene rings is 2. The van der Waals surface area contributed by atoms with E-state index in [0.717, 1.165) is 11.4 Å². The molecule has 8 heteroatoms. The van der Waals surface area contributed by atoms with Crippen molar-refractivity contribution < 1.29 is 14.3 Å². The smallest absolute Gasteiger partial charge is 0.274 e. The minimum absolute atomic E-state index is 0.252. The molecule has 2 aromatic carbocycles. The number of hydrogen-bond donors (Lipinski definition) is 2. The van der Waals surface area contributed by atoms with Crippen LogP contribution in [0.5, 0.6) is 11.5 Å². The number of nitrogens with one attached hydrogen (secondary N) is 2. The van der Waals surface area contributed by atoms with E-state index >= 15 is 0 Å². The van der Waals surface area contributed by atoms with Gasteiger partial charge in [0.25, 0.3) is 5.91 Å². The molecule has 0 aliphatic carbocycles. The van der Waals surface area contributed by atoms with Gasteiger partial charge in [-0.05, 0) is 36.4 Å². The summed E-state index contributed by atoms with van der Waals surface area (Å²) >= 11 is 0. The molecule has 0 saturated heterocycles. The normalized spacial score (nSPS) is 12.2. The lowest BCUT2D eigenvalue weighted by Gasteiger charge is -2.19.